The fraction of sp³-hybridized carbons (Fsp3) is 0.625. The van der Waals surface area contributed by atoms with E-state index in [9.17, 15) is 0 Å². The number of ether oxygens (including phenoxy) is 1. The number of hydrogen-bond donors (Lipinski definition) is 1. The number of likely N-dealkylation sites (tertiary alicyclic amines) is 1. The predicted octanol–water partition coefficient (Wildman–Crippen LogP) is 2.27. The van der Waals surface area contributed by atoms with Gasteiger partial charge in [-0.1, -0.05) is 18.2 Å². The molecule has 2 aliphatic rings. The minimum atomic E-state index is 0.716. The highest BCUT2D eigenvalue weighted by atomic mass is 16.5. The molecule has 1 N–H and O–H groups in total. The molecule has 2 aliphatic heterocycles. The summed E-state index contributed by atoms with van der Waals surface area (Å²) in [6.07, 6.45) is 2.73. The highest BCUT2D eigenvalue weighted by Crippen LogP contribution is 2.28. The Morgan fingerprint density at radius 3 is 3.05 bits per heavy atom. The van der Waals surface area contributed by atoms with E-state index in [2.05, 4.69) is 34.5 Å². The van der Waals surface area contributed by atoms with Crippen molar-refractivity contribution in [2.24, 2.45) is 5.92 Å². The summed E-state index contributed by atoms with van der Waals surface area (Å²) < 4.78 is 5.72. The quantitative estimate of drug-likeness (QED) is 0.899. The van der Waals surface area contributed by atoms with Crippen LogP contribution < -0.4 is 10.1 Å². The maximum Gasteiger partial charge on any atom is 0.123 e. The topological polar surface area (TPSA) is 24.5 Å². The zero-order valence-electron chi connectivity index (χ0n) is 11.8. The first-order chi connectivity index (χ1) is 9.36. The first kappa shape index (κ1) is 12.9. The Morgan fingerprint density at radius 2 is 2.21 bits per heavy atom. The van der Waals surface area contributed by atoms with Gasteiger partial charge in [0.15, 0.2) is 0 Å². The van der Waals surface area contributed by atoms with Crippen molar-refractivity contribution in [2.75, 3.05) is 26.2 Å². The monoisotopic (exact) mass is 260 g/mol. The Hall–Kier alpha value is -1.06. The molecule has 104 valence electrons. The van der Waals surface area contributed by atoms with Crippen molar-refractivity contribution in [1.29, 1.82) is 0 Å². The Bertz CT molecular complexity index is 407. The molecular formula is C16H24N2O. The van der Waals surface area contributed by atoms with E-state index in [4.69, 9.17) is 4.74 Å². The van der Waals surface area contributed by atoms with Crippen molar-refractivity contribution in [3.05, 3.63) is 29.8 Å². The molecular weight excluding hydrogens is 236 g/mol. The molecule has 2 saturated heterocycles. The van der Waals surface area contributed by atoms with Crippen molar-refractivity contribution in [3.63, 3.8) is 0 Å². The summed E-state index contributed by atoms with van der Waals surface area (Å²) in [5, 5.41) is 3.66. The number of para-hydroxylation sites is 1. The average Bonchev–Trinajstić information content (AvgIpc) is 2.83. The van der Waals surface area contributed by atoms with Crippen LogP contribution in [0.15, 0.2) is 24.3 Å². The van der Waals surface area contributed by atoms with Crippen LogP contribution in [0.25, 0.3) is 0 Å². The number of nitrogens with one attached hydrogen (secondary N) is 1. The molecule has 2 fully saturated rings. The average molecular weight is 260 g/mol. The van der Waals surface area contributed by atoms with E-state index in [1.807, 2.05) is 6.92 Å². The molecule has 2 atom stereocenters. The molecule has 2 unspecified atom stereocenters. The minimum Gasteiger partial charge on any atom is -0.494 e. The minimum absolute atomic E-state index is 0.716. The summed E-state index contributed by atoms with van der Waals surface area (Å²) in [4.78, 5) is 2.57. The van der Waals surface area contributed by atoms with Crippen LogP contribution >= 0.6 is 0 Å². The summed E-state index contributed by atoms with van der Waals surface area (Å²) in [6.45, 7) is 7.42. The van der Waals surface area contributed by atoms with Crippen LogP contribution in [0, 0.1) is 5.92 Å². The fourth-order valence-corrected chi connectivity index (χ4v) is 3.44. The molecule has 0 saturated carbocycles. The predicted molar refractivity (Wildman–Crippen MR) is 77.4 cm³/mol. The summed E-state index contributed by atoms with van der Waals surface area (Å²) in [7, 11) is 0. The van der Waals surface area contributed by atoms with E-state index in [-0.39, 0.29) is 0 Å². The van der Waals surface area contributed by atoms with Gasteiger partial charge in [0, 0.05) is 31.2 Å². The number of rotatable bonds is 4. The molecule has 0 spiro atoms. The smallest absolute Gasteiger partial charge is 0.123 e. The van der Waals surface area contributed by atoms with E-state index >= 15 is 0 Å². The van der Waals surface area contributed by atoms with Crippen LogP contribution in [0.1, 0.15) is 25.3 Å². The van der Waals surface area contributed by atoms with Crippen LogP contribution in [0.4, 0.5) is 0 Å². The third kappa shape index (κ3) is 2.93. The molecule has 0 aromatic heterocycles. The maximum atomic E-state index is 5.72. The van der Waals surface area contributed by atoms with Gasteiger partial charge in [-0.25, -0.2) is 0 Å². The Kier molecular flexibility index (Phi) is 4.04. The van der Waals surface area contributed by atoms with Gasteiger partial charge in [-0.2, -0.15) is 0 Å². The van der Waals surface area contributed by atoms with Gasteiger partial charge in [0.1, 0.15) is 5.75 Å². The molecule has 3 rings (SSSR count). The van der Waals surface area contributed by atoms with Gasteiger partial charge in [-0.3, -0.25) is 4.90 Å². The second-order valence-corrected chi connectivity index (χ2v) is 5.70. The van der Waals surface area contributed by atoms with Crippen LogP contribution in [-0.4, -0.2) is 37.2 Å². The second-order valence-electron chi connectivity index (χ2n) is 5.70. The molecule has 0 aliphatic carbocycles. The lowest BCUT2D eigenvalue weighted by Gasteiger charge is -2.24. The summed E-state index contributed by atoms with van der Waals surface area (Å²) in [5.74, 6) is 1.90. The number of piperidine rings is 1. The SMILES string of the molecule is CCOc1ccccc1CN1CC2CCCNC2C1. The van der Waals surface area contributed by atoms with Crippen molar-refractivity contribution in [3.8, 4) is 5.75 Å². The van der Waals surface area contributed by atoms with Gasteiger partial charge in [-0.15, -0.1) is 0 Å². The molecule has 2 heterocycles. The molecule has 3 nitrogen and oxygen atoms in total. The third-order valence-electron chi connectivity index (χ3n) is 4.34. The lowest BCUT2D eigenvalue weighted by molar-refractivity contribution is 0.295. The first-order valence-electron chi connectivity index (χ1n) is 7.53. The van der Waals surface area contributed by atoms with E-state index in [1.165, 1.54) is 38.0 Å². The molecule has 1 aromatic rings. The Balaban J connectivity index is 1.65. The van der Waals surface area contributed by atoms with E-state index in [1.54, 1.807) is 0 Å². The number of fused-ring (bicyclic) bond motifs is 1. The molecule has 0 radical (unpaired) electrons. The summed E-state index contributed by atoms with van der Waals surface area (Å²) in [6, 6.07) is 9.16. The van der Waals surface area contributed by atoms with Crippen LogP contribution in [-0.2, 0) is 6.54 Å². The number of benzene rings is 1. The van der Waals surface area contributed by atoms with Gasteiger partial charge < -0.3 is 10.1 Å². The lowest BCUT2D eigenvalue weighted by Crippen LogP contribution is -2.40. The number of hydrogen-bond acceptors (Lipinski definition) is 3. The van der Waals surface area contributed by atoms with Gasteiger partial charge in [0.05, 0.1) is 6.61 Å². The van der Waals surface area contributed by atoms with Crippen molar-refractivity contribution in [2.45, 2.75) is 32.4 Å². The van der Waals surface area contributed by atoms with Crippen molar-refractivity contribution < 1.29 is 4.74 Å². The van der Waals surface area contributed by atoms with Crippen molar-refractivity contribution in [1.82, 2.24) is 10.2 Å². The molecule has 0 bridgehead atoms. The highest BCUT2D eigenvalue weighted by molar-refractivity contribution is 5.33. The van der Waals surface area contributed by atoms with Crippen LogP contribution in [0.3, 0.4) is 0 Å². The van der Waals surface area contributed by atoms with E-state index < -0.39 is 0 Å². The number of nitrogens with zero attached hydrogens (tertiary/aromatic N) is 1. The standard InChI is InChI=1S/C16H24N2O/c1-2-19-16-8-4-3-6-14(16)11-18-10-13-7-5-9-17-15(13)12-18/h3-4,6,8,13,15,17H,2,5,7,9-12H2,1H3. The lowest BCUT2D eigenvalue weighted by atomic mass is 9.94. The van der Waals surface area contributed by atoms with Crippen LogP contribution in [0.5, 0.6) is 5.75 Å². The molecule has 3 heteroatoms. The Morgan fingerprint density at radius 1 is 1.32 bits per heavy atom. The Labute approximate surface area is 115 Å². The zero-order valence-corrected chi connectivity index (χ0v) is 11.8. The largest absolute Gasteiger partial charge is 0.494 e. The highest BCUT2D eigenvalue weighted by Gasteiger charge is 2.34. The van der Waals surface area contributed by atoms with Gasteiger partial charge >= 0.3 is 0 Å². The van der Waals surface area contributed by atoms with Crippen LogP contribution in [0.2, 0.25) is 0 Å². The molecule has 1 aromatic carbocycles. The van der Waals surface area contributed by atoms with Gasteiger partial charge in [0.25, 0.3) is 0 Å². The summed E-state index contributed by atoms with van der Waals surface area (Å²) >= 11 is 0. The van der Waals surface area contributed by atoms with Gasteiger partial charge in [0.2, 0.25) is 0 Å². The normalized spacial score (nSPS) is 27.2. The van der Waals surface area contributed by atoms with Gasteiger partial charge in [-0.05, 0) is 38.3 Å². The maximum absolute atomic E-state index is 5.72. The molecule has 19 heavy (non-hydrogen) atoms. The fourth-order valence-electron chi connectivity index (χ4n) is 3.44. The second kappa shape index (κ2) is 5.93. The van der Waals surface area contributed by atoms with E-state index in [0.29, 0.717) is 6.04 Å². The third-order valence-corrected chi connectivity index (χ3v) is 4.34. The first-order valence-corrected chi connectivity index (χ1v) is 7.53. The van der Waals surface area contributed by atoms with Crippen molar-refractivity contribution >= 4 is 0 Å². The van der Waals surface area contributed by atoms with E-state index in [0.717, 1.165) is 24.8 Å². The zero-order chi connectivity index (χ0) is 13.1. The molecule has 0 amide bonds. The summed E-state index contributed by atoms with van der Waals surface area (Å²) in [5.41, 5.74) is 1.32.